The Kier molecular flexibility index (Phi) is 7.35. The van der Waals surface area contributed by atoms with E-state index in [2.05, 4.69) is 18.6 Å². The minimum absolute atomic E-state index is 0.352. The number of sulfonamides is 1. The lowest BCUT2D eigenvalue weighted by atomic mass is 10.00. The summed E-state index contributed by atoms with van der Waals surface area (Å²) >= 11 is 0. The van der Waals surface area contributed by atoms with Gasteiger partial charge in [-0.15, -0.1) is 0 Å². The highest BCUT2D eigenvalue weighted by molar-refractivity contribution is 7.89. The Morgan fingerprint density at radius 1 is 1.29 bits per heavy atom. The van der Waals surface area contributed by atoms with Gasteiger partial charge in [-0.3, -0.25) is 0 Å². The highest BCUT2D eigenvalue weighted by atomic mass is 32.2. The van der Waals surface area contributed by atoms with Crippen molar-refractivity contribution in [3.8, 4) is 0 Å². The van der Waals surface area contributed by atoms with E-state index in [1.165, 1.54) is 0 Å². The fourth-order valence-electron chi connectivity index (χ4n) is 2.39. The summed E-state index contributed by atoms with van der Waals surface area (Å²) in [5.41, 5.74) is 7.26. The van der Waals surface area contributed by atoms with Gasteiger partial charge in [-0.1, -0.05) is 45.2 Å². The second-order valence-electron chi connectivity index (χ2n) is 5.57. The lowest BCUT2D eigenvalue weighted by molar-refractivity contribution is 0.443. The van der Waals surface area contributed by atoms with Crippen molar-refractivity contribution in [1.29, 1.82) is 0 Å². The molecule has 0 fully saturated rings. The second kappa shape index (κ2) is 8.51. The van der Waals surface area contributed by atoms with Crippen molar-refractivity contribution in [2.45, 2.75) is 57.9 Å². The standard InChI is InChI=1S/C16H28N2O2S/c1-4-6-7-14(5-2)12-18-21(19,20)16-9-8-15(11-17)10-13(16)3/h8-10,14,18H,4-7,11-12,17H2,1-3H3. The van der Waals surface area contributed by atoms with Gasteiger partial charge in [0, 0.05) is 13.1 Å². The SMILES string of the molecule is CCCCC(CC)CNS(=O)(=O)c1ccc(CN)cc1C. The molecule has 1 aromatic rings. The molecular weight excluding hydrogens is 284 g/mol. The topological polar surface area (TPSA) is 72.2 Å². The van der Waals surface area contributed by atoms with E-state index < -0.39 is 10.0 Å². The Morgan fingerprint density at radius 3 is 2.52 bits per heavy atom. The van der Waals surface area contributed by atoms with Crippen molar-refractivity contribution >= 4 is 10.0 Å². The molecule has 3 N–H and O–H groups in total. The molecule has 5 heteroatoms. The van der Waals surface area contributed by atoms with Crippen LogP contribution in [-0.2, 0) is 16.6 Å². The summed E-state index contributed by atoms with van der Waals surface area (Å²) in [5, 5.41) is 0. The Morgan fingerprint density at radius 2 is 2.00 bits per heavy atom. The average molecular weight is 312 g/mol. The van der Waals surface area contributed by atoms with Gasteiger partial charge in [-0.2, -0.15) is 0 Å². The summed E-state index contributed by atoms with van der Waals surface area (Å²) in [5.74, 6) is 0.406. The number of rotatable bonds is 9. The molecule has 0 bridgehead atoms. The molecule has 0 heterocycles. The predicted octanol–water partition coefficient (Wildman–Crippen LogP) is 2.95. The maximum atomic E-state index is 12.4. The van der Waals surface area contributed by atoms with Crippen molar-refractivity contribution in [1.82, 2.24) is 4.72 Å². The summed E-state index contributed by atoms with van der Waals surface area (Å²) in [4.78, 5) is 0.352. The predicted molar refractivity (Wildman–Crippen MR) is 87.6 cm³/mol. The van der Waals surface area contributed by atoms with E-state index in [1.54, 1.807) is 12.1 Å². The van der Waals surface area contributed by atoms with Crippen LogP contribution >= 0.6 is 0 Å². The van der Waals surface area contributed by atoms with Gasteiger partial charge in [0.25, 0.3) is 0 Å². The Labute approximate surface area is 129 Å². The zero-order chi connectivity index (χ0) is 15.9. The lowest BCUT2D eigenvalue weighted by Gasteiger charge is -2.16. The molecule has 1 aromatic carbocycles. The number of hydrogen-bond acceptors (Lipinski definition) is 3. The van der Waals surface area contributed by atoms with Crippen LogP contribution in [0.1, 0.15) is 50.7 Å². The zero-order valence-corrected chi connectivity index (χ0v) is 14.2. The molecule has 0 spiro atoms. The number of hydrogen-bond donors (Lipinski definition) is 2. The normalized spacial score (nSPS) is 13.3. The third-order valence-corrected chi connectivity index (χ3v) is 5.45. The molecule has 1 atom stereocenters. The Hall–Kier alpha value is -0.910. The molecule has 1 unspecified atom stereocenters. The van der Waals surface area contributed by atoms with Crippen molar-refractivity contribution in [2.75, 3.05) is 6.54 Å². The van der Waals surface area contributed by atoms with Crippen molar-refractivity contribution in [3.05, 3.63) is 29.3 Å². The first-order valence-electron chi connectivity index (χ1n) is 7.73. The van der Waals surface area contributed by atoms with Crippen LogP contribution in [0, 0.1) is 12.8 Å². The van der Waals surface area contributed by atoms with Crippen LogP contribution in [0.15, 0.2) is 23.1 Å². The van der Waals surface area contributed by atoms with Gasteiger partial charge in [-0.05, 0) is 36.5 Å². The quantitative estimate of drug-likeness (QED) is 0.736. The largest absolute Gasteiger partial charge is 0.326 e. The first-order chi connectivity index (χ1) is 9.94. The third kappa shape index (κ3) is 5.41. The van der Waals surface area contributed by atoms with E-state index in [0.717, 1.165) is 36.8 Å². The second-order valence-corrected chi connectivity index (χ2v) is 7.31. The minimum Gasteiger partial charge on any atom is -0.326 e. The fraction of sp³-hybridized carbons (Fsp3) is 0.625. The number of unbranched alkanes of at least 4 members (excludes halogenated alkanes) is 1. The molecule has 0 radical (unpaired) electrons. The number of benzene rings is 1. The van der Waals surface area contributed by atoms with Crippen LogP contribution in [-0.4, -0.2) is 15.0 Å². The first kappa shape index (κ1) is 18.1. The maximum absolute atomic E-state index is 12.4. The summed E-state index contributed by atoms with van der Waals surface area (Å²) in [6.45, 7) is 7.00. The Bertz CT molecular complexity index is 541. The van der Waals surface area contributed by atoms with Crippen LogP contribution in [0.4, 0.5) is 0 Å². The lowest BCUT2D eigenvalue weighted by Crippen LogP contribution is -2.29. The molecule has 0 saturated carbocycles. The van der Waals surface area contributed by atoms with Crippen LogP contribution in [0.2, 0.25) is 0 Å². The fourth-order valence-corrected chi connectivity index (χ4v) is 3.73. The van der Waals surface area contributed by atoms with Gasteiger partial charge in [0.05, 0.1) is 4.90 Å². The summed E-state index contributed by atoms with van der Waals surface area (Å²) in [6.07, 6.45) is 4.35. The summed E-state index contributed by atoms with van der Waals surface area (Å²) in [7, 11) is -3.44. The first-order valence-corrected chi connectivity index (χ1v) is 9.22. The van der Waals surface area contributed by atoms with Crippen LogP contribution in [0.3, 0.4) is 0 Å². The summed E-state index contributed by atoms with van der Waals surface area (Å²) < 4.78 is 27.6. The van der Waals surface area contributed by atoms with E-state index in [0.29, 0.717) is 23.9 Å². The number of nitrogens with one attached hydrogen (secondary N) is 1. The van der Waals surface area contributed by atoms with E-state index in [1.807, 2.05) is 13.0 Å². The van der Waals surface area contributed by atoms with E-state index in [4.69, 9.17) is 5.73 Å². The van der Waals surface area contributed by atoms with Gasteiger partial charge in [0.1, 0.15) is 0 Å². The van der Waals surface area contributed by atoms with E-state index in [-0.39, 0.29) is 0 Å². The zero-order valence-electron chi connectivity index (χ0n) is 13.4. The Balaban J connectivity index is 2.77. The molecule has 1 rings (SSSR count). The molecule has 0 aliphatic carbocycles. The van der Waals surface area contributed by atoms with E-state index in [9.17, 15) is 8.42 Å². The van der Waals surface area contributed by atoms with Crippen molar-refractivity contribution in [2.24, 2.45) is 11.7 Å². The van der Waals surface area contributed by atoms with Crippen LogP contribution in [0.5, 0.6) is 0 Å². The molecule has 0 aliphatic heterocycles. The van der Waals surface area contributed by atoms with E-state index >= 15 is 0 Å². The van der Waals surface area contributed by atoms with Gasteiger partial charge in [-0.25, -0.2) is 13.1 Å². The molecule has 120 valence electrons. The number of nitrogens with two attached hydrogens (primary N) is 1. The third-order valence-electron chi connectivity index (χ3n) is 3.87. The molecule has 0 aliphatic rings. The maximum Gasteiger partial charge on any atom is 0.240 e. The van der Waals surface area contributed by atoms with Crippen molar-refractivity contribution < 1.29 is 8.42 Å². The molecule has 4 nitrogen and oxygen atoms in total. The molecule has 0 saturated heterocycles. The van der Waals surface area contributed by atoms with Gasteiger partial charge in [0.15, 0.2) is 0 Å². The summed E-state index contributed by atoms with van der Waals surface area (Å²) in [6, 6.07) is 5.26. The monoisotopic (exact) mass is 312 g/mol. The van der Waals surface area contributed by atoms with Gasteiger partial charge in [0.2, 0.25) is 10.0 Å². The van der Waals surface area contributed by atoms with Gasteiger partial charge < -0.3 is 5.73 Å². The van der Waals surface area contributed by atoms with Crippen LogP contribution < -0.4 is 10.5 Å². The molecule has 0 aromatic heterocycles. The molecule has 0 amide bonds. The van der Waals surface area contributed by atoms with Crippen molar-refractivity contribution in [3.63, 3.8) is 0 Å². The smallest absolute Gasteiger partial charge is 0.240 e. The van der Waals surface area contributed by atoms with Gasteiger partial charge >= 0.3 is 0 Å². The number of aryl methyl sites for hydroxylation is 1. The minimum atomic E-state index is -3.44. The average Bonchev–Trinajstić information content (AvgIpc) is 2.47. The molecule has 21 heavy (non-hydrogen) atoms. The highest BCUT2D eigenvalue weighted by Gasteiger charge is 2.18. The van der Waals surface area contributed by atoms with Crippen LogP contribution in [0.25, 0.3) is 0 Å². The highest BCUT2D eigenvalue weighted by Crippen LogP contribution is 2.18. The molecular formula is C16H28N2O2S.